The molecule has 2 nitrogen and oxygen atoms in total. The molecule has 0 saturated carbocycles. The van der Waals surface area contributed by atoms with Gasteiger partial charge in [-0.3, -0.25) is 0 Å². The average molecular weight is 312 g/mol. The van der Waals surface area contributed by atoms with Crippen molar-refractivity contribution in [1.82, 2.24) is 0 Å². The topological polar surface area (TPSA) is 46.2 Å². The van der Waals surface area contributed by atoms with Crippen molar-refractivity contribution in [3.8, 4) is 0 Å². The molecule has 0 heterocycles. The first-order valence-electron chi connectivity index (χ1n) is 8.32. The molecule has 0 aliphatic heterocycles. The zero-order chi connectivity index (χ0) is 15.5. The second-order valence-electron chi connectivity index (χ2n) is 5.87. The van der Waals surface area contributed by atoms with E-state index in [-0.39, 0.29) is 12.0 Å². The Morgan fingerprint density at radius 1 is 1.00 bits per heavy atom. The van der Waals surface area contributed by atoms with Crippen LogP contribution < -0.4 is 5.73 Å². The van der Waals surface area contributed by atoms with Crippen molar-refractivity contribution in [2.24, 2.45) is 5.73 Å². The number of halogens is 1. The first-order valence-corrected chi connectivity index (χ1v) is 8.70. The van der Waals surface area contributed by atoms with Crippen LogP contribution in [0.5, 0.6) is 0 Å². The Morgan fingerprint density at radius 2 is 1.57 bits per heavy atom. The van der Waals surface area contributed by atoms with Crippen molar-refractivity contribution in [2.45, 2.75) is 70.3 Å². The van der Waals surface area contributed by atoms with Crippen LogP contribution in [0, 0.1) is 0 Å². The third kappa shape index (κ3) is 7.30. The fraction of sp³-hybridized carbons (Fsp3) is 0.667. The van der Waals surface area contributed by atoms with Crippen LogP contribution in [0.3, 0.4) is 0 Å². The van der Waals surface area contributed by atoms with Gasteiger partial charge in [0.1, 0.15) is 0 Å². The summed E-state index contributed by atoms with van der Waals surface area (Å²) >= 11 is 5.90. The van der Waals surface area contributed by atoms with E-state index in [9.17, 15) is 5.11 Å². The number of unbranched alkanes of at least 4 members (excludes halogenated alkanes) is 6. The van der Waals surface area contributed by atoms with E-state index in [1.54, 1.807) is 0 Å². The van der Waals surface area contributed by atoms with Crippen molar-refractivity contribution in [3.63, 3.8) is 0 Å². The van der Waals surface area contributed by atoms with Gasteiger partial charge in [0.05, 0.1) is 6.10 Å². The predicted octanol–water partition coefficient (Wildman–Crippen LogP) is 4.88. The number of rotatable bonds is 11. The second kappa shape index (κ2) is 11.1. The number of hydrogen-bond donors (Lipinski definition) is 2. The quantitative estimate of drug-likeness (QED) is 0.572. The normalized spacial score (nSPS) is 14.1. The molecule has 0 amide bonds. The number of aliphatic hydroxyl groups is 1. The van der Waals surface area contributed by atoms with Crippen LogP contribution >= 0.6 is 11.6 Å². The Kier molecular flexibility index (Phi) is 9.73. The van der Waals surface area contributed by atoms with E-state index in [1.165, 1.54) is 38.5 Å². The van der Waals surface area contributed by atoms with Gasteiger partial charge in [-0.2, -0.15) is 0 Å². The third-order valence-corrected chi connectivity index (χ3v) is 4.37. The van der Waals surface area contributed by atoms with E-state index in [0.29, 0.717) is 6.54 Å². The maximum Gasteiger partial charge on any atom is 0.0620 e. The van der Waals surface area contributed by atoms with Gasteiger partial charge in [-0.25, -0.2) is 0 Å². The highest BCUT2D eigenvalue weighted by Gasteiger charge is 2.19. The fourth-order valence-electron chi connectivity index (χ4n) is 2.74. The van der Waals surface area contributed by atoms with Crippen LogP contribution in [0.1, 0.15) is 69.8 Å². The maximum atomic E-state index is 10.4. The van der Waals surface area contributed by atoms with E-state index in [0.717, 1.165) is 23.4 Å². The summed E-state index contributed by atoms with van der Waals surface area (Å²) in [7, 11) is 0. The standard InChI is InChI=1S/C18H30ClNO/c1-2-3-4-5-6-7-8-9-18(21)17(14-20)15-10-12-16(19)13-11-15/h10-13,17-18,21H,2-9,14,20H2,1H3. The van der Waals surface area contributed by atoms with Crippen molar-refractivity contribution in [2.75, 3.05) is 6.54 Å². The molecule has 0 spiro atoms. The van der Waals surface area contributed by atoms with Crippen molar-refractivity contribution < 1.29 is 5.11 Å². The zero-order valence-corrected chi connectivity index (χ0v) is 14.0. The SMILES string of the molecule is CCCCCCCCCC(O)C(CN)c1ccc(Cl)cc1. The largest absolute Gasteiger partial charge is 0.392 e. The lowest BCUT2D eigenvalue weighted by Crippen LogP contribution is -2.25. The molecule has 21 heavy (non-hydrogen) atoms. The van der Waals surface area contributed by atoms with Gasteiger partial charge in [-0.15, -0.1) is 0 Å². The summed E-state index contributed by atoms with van der Waals surface area (Å²) in [6, 6.07) is 7.65. The van der Waals surface area contributed by atoms with Crippen molar-refractivity contribution in [1.29, 1.82) is 0 Å². The van der Waals surface area contributed by atoms with Crippen LogP contribution in [0.15, 0.2) is 24.3 Å². The Hall–Kier alpha value is -0.570. The molecule has 0 saturated heterocycles. The molecule has 120 valence electrons. The molecule has 1 aromatic rings. The van der Waals surface area contributed by atoms with Gasteiger partial charge in [0.2, 0.25) is 0 Å². The van der Waals surface area contributed by atoms with E-state index in [1.807, 2.05) is 24.3 Å². The third-order valence-electron chi connectivity index (χ3n) is 4.12. The number of aliphatic hydroxyl groups excluding tert-OH is 1. The summed E-state index contributed by atoms with van der Waals surface area (Å²) in [5, 5.41) is 11.1. The van der Waals surface area contributed by atoms with Gasteiger partial charge < -0.3 is 10.8 Å². The summed E-state index contributed by atoms with van der Waals surface area (Å²) in [5.41, 5.74) is 6.92. The van der Waals surface area contributed by atoms with Gasteiger partial charge >= 0.3 is 0 Å². The van der Waals surface area contributed by atoms with Gasteiger partial charge in [0, 0.05) is 17.5 Å². The molecule has 1 aromatic carbocycles. The minimum Gasteiger partial charge on any atom is -0.392 e. The van der Waals surface area contributed by atoms with Crippen LogP contribution in [-0.4, -0.2) is 17.8 Å². The lowest BCUT2D eigenvalue weighted by atomic mass is 9.90. The molecule has 2 atom stereocenters. The van der Waals surface area contributed by atoms with E-state index in [4.69, 9.17) is 17.3 Å². The fourth-order valence-corrected chi connectivity index (χ4v) is 2.86. The summed E-state index contributed by atoms with van der Waals surface area (Å²) in [6.07, 6.45) is 9.34. The van der Waals surface area contributed by atoms with Gasteiger partial charge in [-0.05, 0) is 24.1 Å². The molecule has 0 fully saturated rings. The van der Waals surface area contributed by atoms with E-state index >= 15 is 0 Å². The van der Waals surface area contributed by atoms with Crippen LogP contribution in [0.25, 0.3) is 0 Å². The summed E-state index contributed by atoms with van der Waals surface area (Å²) < 4.78 is 0. The Labute approximate surface area is 134 Å². The lowest BCUT2D eigenvalue weighted by molar-refractivity contribution is 0.132. The van der Waals surface area contributed by atoms with E-state index < -0.39 is 0 Å². The highest BCUT2D eigenvalue weighted by molar-refractivity contribution is 6.30. The monoisotopic (exact) mass is 311 g/mol. The lowest BCUT2D eigenvalue weighted by Gasteiger charge is -2.22. The predicted molar refractivity (Wildman–Crippen MR) is 91.9 cm³/mol. The molecule has 2 unspecified atom stereocenters. The maximum absolute atomic E-state index is 10.4. The minimum absolute atomic E-state index is 0.0161. The molecule has 3 heteroatoms. The Morgan fingerprint density at radius 3 is 2.14 bits per heavy atom. The highest BCUT2D eigenvalue weighted by atomic mass is 35.5. The van der Waals surface area contributed by atoms with Crippen molar-refractivity contribution in [3.05, 3.63) is 34.9 Å². The number of hydrogen-bond acceptors (Lipinski definition) is 2. The summed E-state index contributed by atoms with van der Waals surface area (Å²) in [6.45, 7) is 2.71. The van der Waals surface area contributed by atoms with Gasteiger partial charge in [0.15, 0.2) is 0 Å². The van der Waals surface area contributed by atoms with E-state index in [2.05, 4.69) is 6.92 Å². The zero-order valence-electron chi connectivity index (χ0n) is 13.2. The Bertz CT molecular complexity index is 366. The minimum atomic E-state index is -0.355. The second-order valence-corrected chi connectivity index (χ2v) is 6.31. The van der Waals surface area contributed by atoms with Crippen LogP contribution in [0.2, 0.25) is 5.02 Å². The molecular formula is C18H30ClNO. The van der Waals surface area contributed by atoms with Gasteiger partial charge in [-0.1, -0.05) is 75.6 Å². The smallest absolute Gasteiger partial charge is 0.0620 e. The first-order chi connectivity index (χ1) is 10.2. The van der Waals surface area contributed by atoms with Crippen LogP contribution in [0.4, 0.5) is 0 Å². The molecule has 0 bridgehead atoms. The molecule has 0 aliphatic rings. The Balaban J connectivity index is 2.28. The molecule has 3 N–H and O–H groups in total. The number of nitrogens with two attached hydrogens (primary N) is 1. The molecule has 0 aliphatic carbocycles. The average Bonchev–Trinajstić information content (AvgIpc) is 2.49. The summed E-state index contributed by atoms with van der Waals surface area (Å²) in [5.74, 6) is 0.0161. The van der Waals surface area contributed by atoms with Gasteiger partial charge in [0.25, 0.3) is 0 Å². The molecule has 1 rings (SSSR count). The highest BCUT2D eigenvalue weighted by Crippen LogP contribution is 2.24. The van der Waals surface area contributed by atoms with Crippen LogP contribution in [-0.2, 0) is 0 Å². The first kappa shape index (κ1) is 18.5. The molecule has 0 aromatic heterocycles. The van der Waals surface area contributed by atoms with Crippen molar-refractivity contribution >= 4 is 11.6 Å². The summed E-state index contributed by atoms with van der Waals surface area (Å²) in [4.78, 5) is 0. The number of benzene rings is 1. The molecular weight excluding hydrogens is 282 g/mol. The molecule has 0 radical (unpaired) electrons.